The summed E-state index contributed by atoms with van der Waals surface area (Å²) in [5.41, 5.74) is 5.22. The fraction of sp³-hybridized carbons (Fsp3) is 0. The molecule has 4 amide bonds. The molecule has 0 aromatic heterocycles. The third-order valence-electron chi connectivity index (χ3n) is 2.53. The molecule has 0 unspecified atom stereocenters. The van der Waals surface area contributed by atoms with Gasteiger partial charge in [-0.25, -0.2) is 20.4 Å². The lowest BCUT2D eigenvalue weighted by Crippen LogP contribution is -2.45. The van der Waals surface area contributed by atoms with E-state index in [0.29, 0.717) is 21.4 Å². The molecule has 0 aliphatic rings. The van der Waals surface area contributed by atoms with Crippen LogP contribution in [0.4, 0.5) is 21.0 Å². The number of carbonyl (C=O) groups excluding carboxylic acids is 2. The van der Waals surface area contributed by atoms with Crippen LogP contribution in [0.3, 0.4) is 0 Å². The number of anilines is 2. The molecule has 2 aromatic rings. The molecule has 0 spiro atoms. The van der Waals surface area contributed by atoms with Crippen LogP contribution in [0.1, 0.15) is 0 Å². The molecule has 114 valence electrons. The van der Waals surface area contributed by atoms with Crippen molar-refractivity contribution < 1.29 is 9.59 Å². The van der Waals surface area contributed by atoms with E-state index in [1.54, 1.807) is 48.5 Å². The van der Waals surface area contributed by atoms with Crippen LogP contribution in [0.5, 0.6) is 0 Å². The first kappa shape index (κ1) is 15.9. The van der Waals surface area contributed by atoms with Crippen molar-refractivity contribution in [3.8, 4) is 0 Å². The van der Waals surface area contributed by atoms with E-state index in [-0.39, 0.29) is 0 Å². The number of hydrogen-bond acceptors (Lipinski definition) is 2. The number of urea groups is 2. The number of hydrazine groups is 1. The lowest BCUT2D eigenvalue weighted by atomic mass is 10.3. The Morgan fingerprint density at radius 1 is 0.682 bits per heavy atom. The predicted molar refractivity (Wildman–Crippen MR) is 87.2 cm³/mol. The maximum Gasteiger partial charge on any atom is 0.338 e. The summed E-state index contributed by atoms with van der Waals surface area (Å²) < 4.78 is 0. The third kappa shape index (κ3) is 4.54. The minimum atomic E-state index is -0.637. The van der Waals surface area contributed by atoms with Crippen molar-refractivity contribution in [1.82, 2.24) is 10.9 Å². The van der Waals surface area contributed by atoms with Gasteiger partial charge in [-0.1, -0.05) is 47.5 Å². The van der Waals surface area contributed by atoms with Gasteiger partial charge in [0.15, 0.2) is 0 Å². The summed E-state index contributed by atoms with van der Waals surface area (Å²) in [6, 6.07) is 12.2. The zero-order chi connectivity index (χ0) is 15.9. The van der Waals surface area contributed by atoms with Gasteiger partial charge in [-0.3, -0.25) is 0 Å². The second-order valence-electron chi connectivity index (χ2n) is 4.12. The average molecular weight is 339 g/mol. The van der Waals surface area contributed by atoms with Crippen LogP contribution in [0.25, 0.3) is 0 Å². The Hall–Kier alpha value is -2.44. The van der Waals surface area contributed by atoms with E-state index in [1.165, 1.54) is 0 Å². The van der Waals surface area contributed by atoms with Crippen molar-refractivity contribution in [2.45, 2.75) is 0 Å². The molecule has 0 atom stereocenters. The topological polar surface area (TPSA) is 82.3 Å². The maximum atomic E-state index is 11.6. The van der Waals surface area contributed by atoms with Crippen LogP contribution >= 0.6 is 23.2 Å². The van der Waals surface area contributed by atoms with E-state index in [4.69, 9.17) is 23.2 Å². The molecule has 8 heteroatoms. The normalized spacial score (nSPS) is 9.73. The molecule has 22 heavy (non-hydrogen) atoms. The van der Waals surface area contributed by atoms with Crippen molar-refractivity contribution in [2.75, 3.05) is 10.6 Å². The second-order valence-corrected chi connectivity index (χ2v) is 4.93. The van der Waals surface area contributed by atoms with Gasteiger partial charge in [0.2, 0.25) is 0 Å². The van der Waals surface area contributed by atoms with Crippen LogP contribution in [0.15, 0.2) is 48.5 Å². The van der Waals surface area contributed by atoms with Crippen LogP contribution in [-0.2, 0) is 0 Å². The number of hydrogen-bond donors (Lipinski definition) is 4. The molecule has 0 radical (unpaired) electrons. The minimum Gasteiger partial charge on any atom is -0.305 e. The summed E-state index contributed by atoms with van der Waals surface area (Å²) >= 11 is 11.8. The molecule has 0 saturated heterocycles. The summed E-state index contributed by atoms with van der Waals surface area (Å²) in [6.07, 6.45) is 0. The van der Waals surface area contributed by atoms with Gasteiger partial charge >= 0.3 is 12.1 Å². The Morgan fingerprint density at radius 2 is 1.05 bits per heavy atom. The lowest BCUT2D eigenvalue weighted by molar-refractivity contribution is 0.237. The first-order valence-electron chi connectivity index (χ1n) is 6.19. The molecule has 0 bridgehead atoms. The van der Waals surface area contributed by atoms with E-state index >= 15 is 0 Å². The molecular formula is C14H12Cl2N4O2. The minimum absolute atomic E-state index is 0.387. The van der Waals surface area contributed by atoms with Gasteiger partial charge in [-0.2, -0.15) is 0 Å². The van der Waals surface area contributed by atoms with Crippen LogP contribution in [-0.4, -0.2) is 12.1 Å². The Labute approximate surface area is 136 Å². The number of halogens is 2. The summed E-state index contributed by atoms with van der Waals surface area (Å²) in [5.74, 6) is 0. The molecule has 2 rings (SSSR count). The van der Waals surface area contributed by atoms with Crippen molar-refractivity contribution in [3.63, 3.8) is 0 Å². The van der Waals surface area contributed by atoms with Gasteiger partial charge < -0.3 is 10.6 Å². The van der Waals surface area contributed by atoms with Gasteiger partial charge in [0.25, 0.3) is 0 Å². The Morgan fingerprint density at radius 3 is 1.41 bits per heavy atom. The molecular weight excluding hydrogens is 327 g/mol. The first-order chi connectivity index (χ1) is 10.6. The van der Waals surface area contributed by atoms with E-state index in [1.807, 2.05) is 0 Å². The summed E-state index contributed by atoms with van der Waals surface area (Å²) in [7, 11) is 0. The molecule has 0 heterocycles. The average Bonchev–Trinajstić information content (AvgIpc) is 2.50. The van der Waals surface area contributed by atoms with E-state index in [0.717, 1.165) is 0 Å². The summed E-state index contributed by atoms with van der Waals surface area (Å²) in [4.78, 5) is 23.3. The third-order valence-corrected chi connectivity index (χ3v) is 3.19. The number of para-hydroxylation sites is 2. The first-order valence-corrected chi connectivity index (χ1v) is 6.95. The Bertz CT molecular complexity index is 635. The number of rotatable bonds is 2. The smallest absolute Gasteiger partial charge is 0.305 e. The van der Waals surface area contributed by atoms with Crippen LogP contribution in [0, 0.1) is 0 Å². The monoisotopic (exact) mass is 338 g/mol. The fourth-order valence-corrected chi connectivity index (χ4v) is 1.91. The molecule has 4 N–H and O–H groups in total. The lowest BCUT2D eigenvalue weighted by Gasteiger charge is -2.11. The highest BCUT2D eigenvalue weighted by Crippen LogP contribution is 2.20. The SMILES string of the molecule is O=C(NNC(=O)Nc1ccccc1Cl)Nc1ccccc1Cl. The van der Waals surface area contributed by atoms with E-state index in [2.05, 4.69) is 21.5 Å². The van der Waals surface area contributed by atoms with Crippen molar-refractivity contribution in [3.05, 3.63) is 58.6 Å². The van der Waals surface area contributed by atoms with E-state index in [9.17, 15) is 9.59 Å². The maximum absolute atomic E-state index is 11.6. The van der Waals surface area contributed by atoms with Gasteiger partial charge in [-0.05, 0) is 24.3 Å². The second kappa shape index (κ2) is 7.53. The zero-order valence-electron chi connectivity index (χ0n) is 11.2. The summed E-state index contributed by atoms with van der Waals surface area (Å²) in [6.45, 7) is 0. The highest BCUT2D eigenvalue weighted by Gasteiger charge is 2.07. The van der Waals surface area contributed by atoms with Crippen molar-refractivity contribution >= 4 is 46.6 Å². The van der Waals surface area contributed by atoms with Gasteiger partial charge in [0.05, 0.1) is 21.4 Å². The van der Waals surface area contributed by atoms with Gasteiger partial charge in [0.1, 0.15) is 0 Å². The predicted octanol–water partition coefficient (Wildman–Crippen LogP) is 3.85. The number of amides is 4. The largest absolute Gasteiger partial charge is 0.338 e. The van der Waals surface area contributed by atoms with Gasteiger partial charge in [-0.15, -0.1) is 0 Å². The number of carbonyl (C=O) groups is 2. The van der Waals surface area contributed by atoms with Crippen LogP contribution in [0.2, 0.25) is 10.0 Å². The van der Waals surface area contributed by atoms with E-state index < -0.39 is 12.1 Å². The molecule has 0 fully saturated rings. The van der Waals surface area contributed by atoms with Gasteiger partial charge in [0, 0.05) is 0 Å². The zero-order valence-corrected chi connectivity index (χ0v) is 12.7. The standard InChI is InChI=1S/C14H12Cl2N4O2/c15-9-5-1-3-7-11(9)17-13(21)19-20-14(22)18-12-8-4-2-6-10(12)16/h1-8H,(H2,17,19,21)(H2,18,20,22). The summed E-state index contributed by atoms with van der Waals surface area (Å²) in [5, 5.41) is 5.75. The van der Waals surface area contributed by atoms with Crippen molar-refractivity contribution in [2.24, 2.45) is 0 Å². The molecule has 0 aliphatic carbocycles. The molecule has 6 nitrogen and oxygen atoms in total. The quantitative estimate of drug-likeness (QED) is 0.627. The molecule has 2 aromatic carbocycles. The molecule has 0 saturated carbocycles. The Kier molecular flexibility index (Phi) is 5.46. The Balaban J connectivity index is 1.82. The number of benzene rings is 2. The number of nitrogens with one attached hydrogen (secondary N) is 4. The van der Waals surface area contributed by atoms with Crippen LogP contribution < -0.4 is 21.5 Å². The fourth-order valence-electron chi connectivity index (χ4n) is 1.55. The highest BCUT2D eigenvalue weighted by molar-refractivity contribution is 6.34. The van der Waals surface area contributed by atoms with Crippen molar-refractivity contribution in [1.29, 1.82) is 0 Å². The molecule has 0 aliphatic heterocycles. The highest BCUT2D eigenvalue weighted by atomic mass is 35.5.